The molecule has 0 radical (unpaired) electrons. The molecule has 5 heteroatoms. The standard InChI is InChI=1S/C19H14N4S/c1-11-6-7-13-12-4-3-5-14(17(12)24-19(13)21-11)18-22-15-8-9-20-10-16(15)23(18)2/h3-10H,1-2H3. The molecule has 0 N–H and O–H groups in total. The van der Waals surface area contributed by atoms with Gasteiger partial charge in [0.15, 0.2) is 0 Å². The normalized spacial score (nSPS) is 11.8. The predicted octanol–water partition coefficient (Wildman–Crippen LogP) is 4.71. The Hall–Kier alpha value is -2.79. The molecular weight excluding hydrogens is 316 g/mol. The van der Waals surface area contributed by atoms with Crippen LogP contribution in [0, 0.1) is 6.92 Å². The Balaban J connectivity index is 1.88. The Morgan fingerprint density at radius 1 is 1.00 bits per heavy atom. The number of rotatable bonds is 1. The summed E-state index contributed by atoms with van der Waals surface area (Å²) in [7, 11) is 2.04. The molecule has 0 spiro atoms. The summed E-state index contributed by atoms with van der Waals surface area (Å²) in [6, 6.07) is 12.6. The van der Waals surface area contributed by atoms with Gasteiger partial charge >= 0.3 is 0 Å². The lowest BCUT2D eigenvalue weighted by molar-refractivity contribution is 0.958. The maximum absolute atomic E-state index is 4.83. The van der Waals surface area contributed by atoms with Crippen LogP contribution in [0.1, 0.15) is 5.69 Å². The van der Waals surface area contributed by atoms with Crippen LogP contribution in [0.5, 0.6) is 0 Å². The fraction of sp³-hybridized carbons (Fsp3) is 0.105. The van der Waals surface area contributed by atoms with Crippen LogP contribution in [0.3, 0.4) is 0 Å². The van der Waals surface area contributed by atoms with Crippen LogP contribution in [0.15, 0.2) is 48.8 Å². The third-order valence-corrected chi connectivity index (χ3v) is 5.58. The Kier molecular flexibility index (Phi) is 2.76. The lowest BCUT2D eigenvalue weighted by Crippen LogP contribution is -1.92. The Morgan fingerprint density at radius 3 is 2.79 bits per heavy atom. The molecule has 4 nitrogen and oxygen atoms in total. The number of fused-ring (bicyclic) bond motifs is 4. The van der Waals surface area contributed by atoms with Gasteiger partial charge in [0.1, 0.15) is 10.7 Å². The molecule has 0 unspecified atom stereocenters. The third kappa shape index (κ3) is 1.82. The number of aromatic nitrogens is 4. The number of benzene rings is 1. The number of thiophene rings is 1. The molecule has 0 aliphatic carbocycles. The van der Waals surface area contributed by atoms with Gasteiger partial charge in [-0.25, -0.2) is 9.97 Å². The van der Waals surface area contributed by atoms with Crippen LogP contribution < -0.4 is 0 Å². The van der Waals surface area contributed by atoms with Gasteiger partial charge in [0, 0.05) is 40.0 Å². The van der Waals surface area contributed by atoms with E-state index in [9.17, 15) is 0 Å². The van der Waals surface area contributed by atoms with Crippen LogP contribution in [-0.4, -0.2) is 19.5 Å². The number of imidazole rings is 1. The molecule has 24 heavy (non-hydrogen) atoms. The molecular formula is C19H14N4S. The monoisotopic (exact) mass is 330 g/mol. The maximum Gasteiger partial charge on any atom is 0.142 e. The lowest BCUT2D eigenvalue weighted by Gasteiger charge is -2.03. The first-order valence-electron chi connectivity index (χ1n) is 7.78. The number of pyridine rings is 2. The molecule has 0 atom stereocenters. The highest BCUT2D eigenvalue weighted by Gasteiger charge is 2.15. The number of hydrogen-bond acceptors (Lipinski definition) is 4. The second kappa shape index (κ2) is 4.85. The van der Waals surface area contributed by atoms with Gasteiger partial charge < -0.3 is 4.57 Å². The number of hydrogen-bond donors (Lipinski definition) is 0. The van der Waals surface area contributed by atoms with Crippen molar-refractivity contribution >= 4 is 42.7 Å². The first kappa shape index (κ1) is 13.6. The lowest BCUT2D eigenvalue weighted by atomic mass is 10.1. The fourth-order valence-corrected chi connectivity index (χ4v) is 4.45. The van der Waals surface area contributed by atoms with E-state index >= 15 is 0 Å². The predicted molar refractivity (Wildman–Crippen MR) is 99.4 cm³/mol. The van der Waals surface area contributed by atoms with Crippen molar-refractivity contribution in [1.82, 2.24) is 19.5 Å². The van der Waals surface area contributed by atoms with Gasteiger partial charge in [0.05, 0.1) is 17.2 Å². The van der Waals surface area contributed by atoms with Gasteiger partial charge in [-0.3, -0.25) is 4.98 Å². The highest BCUT2D eigenvalue weighted by molar-refractivity contribution is 7.26. The Labute approximate surface area is 142 Å². The van der Waals surface area contributed by atoms with E-state index in [-0.39, 0.29) is 0 Å². The van der Waals surface area contributed by atoms with Crippen molar-refractivity contribution < 1.29 is 0 Å². The van der Waals surface area contributed by atoms with Crippen molar-refractivity contribution in [2.45, 2.75) is 6.92 Å². The topological polar surface area (TPSA) is 43.6 Å². The average molecular weight is 330 g/mol. The molecule has 0 aliphatic rings. The Bertz CT molecular complexity index is 1230. The summed E-state index contributed by atoms with van der Waals surface area (Å²) in [5.74, 6) is 0.965. The van der Waals surface area contributed by atoms with Crippen LogP contribution in [0.2, 0.25) is 0 Å². The molecule has 5 rings (SSSR count). The molecule has 0 saturated carbocycles. The fourth-order valence-electron chi connectivity index (χ4n) is 3.22. The maximum atomic E-state index is 4.83. The van der Waals surface area contributed by atoms with Gasteiger partial charge in [0.25, 0.3) is 0 Å². The van der Waals surface area contributed by atoms with Crippen molar-refractivity contribution in [1.29, 1.82) is 0 Å². The SMILES string of the molecule is Cc1ccc2c(n1)sc1c(-c3nc4ccncc4n3C)cccc12. The number of nitrogens with zero attached hydrogens (tertiary/aromatic N) is 4. The summed E-state index contributed by atoms with van der Waals surface area (Å²) in [6.07, 6.45) is 3.65. The zero-order valence-corrected chi connectivity index (χ0v) is 14.1. The summed E-state index contributed by atoms with van der Waals surface area (Å²) in [4.78, 5) is 14.8. The van der Waals surface area contributed by atoms with Gasteiger partial charge in [-0.2, -0.15) is 0 Å². The van der Waals surface area contributed by atoms with E-state index < -0.39 is 0 Å². The van der Waals surface area contributed by atoms with Crippen molar-refractivity contribution in [3.8, 4) is 11.4 Å². The molecule has 0 amide bonds. The summed E-state index contributed by atoms with van der Waals surface area (Å²) in [5.41, 5.74) is 4.20. The van der Waals surface area contributed by atoms with E-state index in [1.165, 1.54) is 15.5 Å². The molecule has 0 aliphatic heterocycles. The van der Waals surface area contributed by atoms with Gasteiger partial charge in [-0.05, 0) is 31.2 Å². The molecule has 4 aromatic heterocycles. The molecule has 0 saturated heterocycles. The second-order valence-electron chi connectivity index (χ2n) is 5.95. The zero-order valence-electron chi connectivity index (χ0n) is 13.3. The highest BCUT2D eigenvalue weighted by atomic mass is 32.1. The smallest absolute Gasteiger partial charge is 0.142 e. The minimum atomic E-state index is 0.965. The van der Waals surface area contributed by atoms with E-state index in [1.54, 1.807) is 17.5 Å². The quantitative estimate of drug-likeness (QED) is 0.447. The third-order valence-electron chi connectivity index (χ3n) is 4.43. The Morgan fingerprint density at radius 2 is 1.92 bits per heavy atom. The summed E-state index contributed by atoms with van der Waals surface area (Å²) in [5, 5.41) is 2.45. The van der Waals surface area contributed by atoms with Crippen molar-refractivity contribution in [3.05, 3.63) is 54.5 Å². The first-order chi connectivity index (χ1) is 11.7. The number of aryl methyl sites for hydroxylation is 2. The van der Waals surface area contributed by atoms with Crippen molar-refractivity contribution in [2.24, 2.45) is 7.05 Å². The minimum Gasteiger partial charge on any atom is -0.326 e. The van der Waals surface area contributed by atoms with E-state index in [4.69, 9.17) is 9.97 Å². The summed E-state index contributed by atoms with van der Waals surface area (Å²) < 4.78 is 3.34. The second-order valence-corrected chi connectivity index (χ2v) is 6.95. The average Bonchev–Trinajstić information content (AvgIpc) is 3.12. The molecule has 0 bridgehead atoms. The van der Waals surface area contributed by atoms with E-state index in [1.807, 2.05) is 26.2 Å². The van der Waals surface area contributed by atoms with Crippen LogP contribution in [0.4, 0.5) is 0 Å². The van der Waals surface area contributed by atoms with Crippen molar-refractivity contribution in [3.63, 3.8) is 0 Å². The minimum absolute atomic E-state index is 0.965. The first-order valence-corrected chi connectivity index (χ1v) is 8.60. The van der Waals surface area contributed by atoms with E-state index in [0.29, 0.717) is 0 Å². The highest BCUT2D eigenvalue weighted by Crippen LogP contribution is 2.39. The largest absolute Gasteiger partial charge is 0.326 e. The van der Waals surface area contributed by atoms with Gasteiger partial charge in [0.2, 0.25) is 0 Å². The van der Waals surface area contributed by atoms with Crippen molar-refractivity contribution in [2.75, 3.05) is 0 Å². The molecule has 1 aromatic carbocycles. The van der Waals surface area contributed by atoms with Crippen LogP contribution >= 0.6 is 11.3 Å². The van der Waals surface area contributed by atoms with Crippen LogP contribution in [0.25, 0.3) is 42.7 Å². The molecule has 0 fully saturated rings. The molecule has 4 heterocycles. The summed E-state index contributed by atoms with van der Waals surface area (Å²) >= 11 is 1.74. The van der Waals surface area contributed by atoms with Gasteiger partial charge in [-0.15, -0.1) is 11.3 Å². The zero-order chi connectivity index (χ0) is 16.3. The van der Waals surface area contributed by atoms with E-state index in [0.717, 1.165) is 32.9 Å². The van der Waals surface area contributed by atoms with Crippen LogP contribution in [-0.2, 0) is 7.05 Å². The molecule has 5 aromatic rings. The van der Waals surface area contributed by atoms with Gasteiger partial charge in [-0.1, -0.05) is 12.1 Å². The molecule has 116 valence electrons. The van der Waals surface area contributed by atoms with E-state index in [2.05, 4.69) is 39.9 Å². The summed E-state index contributed by atoms with van der Waals surface area (Å²) in [6.45, 7) is 2.03.